The Labute approximate surface area is 101 Å². The van der Waals surface area contributed by atoms with Crippen LogP contribution >= 0.6 is 0 Å². The number of fused-ring (bicyclic) bond motifs is 1. The molecule has 0 N–H and O–H groups in total. The van der Waals surface area contributed by atoms with Crippen molar-refractivity contribution in [1.82, 2.24) is 0 Å². The number of Topliss-reactive ketones (excluding diaryl/α,β-unsaturated/α-hetero) is 1. The van der Waals surface area contributed by atoms with Crippen LogP contribution in [0.25, 0.3) is 0 Å². The first-order valence-electron chi connectivity index (χ1n) is 5.94. The van der Waals surface area contributed by atoms with E-state index in [-0.39, 0.29) is 11.7 Å². The Hall–Kier alpha value is -1.89. The highest BCUT2D eigenvalue weighted by Gasteiger charge is 2.29. The summed E-state index contributed by atoms with van der Waals surface area (Å²) in [7, 11) is 0. The smallest absolute Gasteiger partial charge is 0.164 e. The van der Waals surface area contributed by atoms with Gasteiger partial charge in [-0.3, -0.25) is 4.79 Å². The van der Waals surface area contributed by atoms with Crippen molar-refractivity contribution < 1.29 is 4.79 Å². The molecule has 1 aliphatic carbocycles. The fourth-order valence-corrected chi connectivity index (χ4v) is 2.60. The number of aryl methyl sites for hydroxylation is 1. The number of ketones is 1. The second-order valence-electron chi connectivity index (χ2n) is 4.68. The van der Waals surface area contributed by atoms with Crippen LogP contribution in [-0.2, 0) is 0 Å². The molecule has 3 rings (SSSR count). The van der Waals surface area contributed by atoms with E-state index in [4.69, 9.17) is 0 Å². The zero-order valence-corrected chi connectivity index (χ0v) is 9.81. The highest BCUT2D eigenvalue weighted by atomic mass is 16.1. The molecule has 0 amide bonds. The molecule has 17 heavy (non-hydrogen) atoms. The van der Waals surface area contributed by atoms with Gasteiger partial charge in [-0.05, 0) is 24.1 Å². The van der Waals surface area contributed by atoms with Crippen LogP contribution in [0.5, 0.6) is 0 Å². The van der Waals surface area contributed by atoms with Crippen molar-refractivity contribution in [2.24, 2.45) is 0 Å². The molecule has 1 heteroatoms. The Balaban J connectivity index is 2.11. The van der Waals surface area contributed by atoms with Crippen molar-refractivity contribution in [3.05, 3.63) is 70.8 Å². The first-order valence-corrected chi connectivity index (χ1v) is 5.94. The molecule has 2 aromatic rings. The van der Waals surface area contributed by atoms with Gasteiger partial charge in [0.25, 0.3) is 0 Å². The fraction of sp³-hybridized carbons (Fsp3) is 0.188. The molecule has 1 nitrogen and oxygen atoms in total. The monoisotopic (exact) mass is 222 g/mol. The molecule has 1 atom stereocenters. The summed E-state index contributed by atoms with van der Waals surface area (Å²) in [6.45, 7) is 2.03. The third-order valence-corrected chi connectivity index (χ3v) is 3.48. The molecule has 0 bridgehead atoms. The third kappa shape index (κ3) is 1.68. The van der Waals surface area contributed by atoms with Gasteiger partial charge in [0.2, 0.25) is 0 Å². The Morgan fingerprint density at radius 1 is 1.06 bits per heavy atom. The molecular formula is C16H14O. The van der Waals surface area contributed by atoms with E-state index in [2.05, 4.69) is 24.3 Å². The van der Waals surface area contributed by atoms with E-state index in [0.717, 1.165) is 11.1 Å². The molecule has 0 radical (unpaired) electrons. The normalized spacial score (nSPS) is 18.2. The zero-order valence-electron chi connectivity index (χ0n) is 9.81. The van der Waals surface area contributed by atoms with Crippen LogP contribution in [0.1, 0.15) is 39.4 Å². The average Bonchev–Trinajstić information content (AvgIpc) is 2.68. The lowest BCUT2D eigenvalue weighted by atomic mass is 9.93. The quantitative estimate of drug-likeness (QED) is 0.718. The average molecular weight is 222 g/mol. The number of rotatable bonds is 1. The summed E-state index contributed by atoms with van der Waals surface area (Å²) < 4.78 is 0. The first-order chi connectivity index (χ1) is 8.25. The van der Waals surface area contributed by atoms with E-state index < -0.39 is 0 Å². The van der Waals surface area contributed by atoms with Gasteiger partial charge < -0.3 is 0 Å². The minimum Gasteiger partial charge on any atom is -0.294 e. The molecule has 0 aromatic heterocycles. The highest BCUT2D eigenvalue weighted by molar-refractivity contribution is 6.02. The summed E-state index contributed by atoms with van der Waals surface area (Å²) in [5, 5.41) is 0. The second-order valence-corrected chi connectivity index (χ2v) is 4.68. The number of hydrogen-bond acceptors (Lipinski definition) is 1. The SMILES string of the molecule is Cc1ccc2c(c1)C(=O)C[C@H]2c1ccccc1. The van der Waals surface area contributed by atoms with Gasteiger partial charge in [-0.25, -0.2) is 0 Å². The van der Waals surface area contributed by atoms with Crippen LogP contribution < -0.4 is 0 Å². The largest absolute Gasteiger partial charge is 0.294 e. The minimum absolute atomic E-state index is 0.249. The number of carbonyl (C=O) groups excluding carboxylic acids is 1. The van der Waals surface area contributed by atoms with Gasteiger partial charge in [0.1, 0.15) is 0 Å². The van der Waals surface area contributed by atoms with Crippen LogP contribution in [0, 0.1) is 6.92 Å². The fourth-order valence-electron chi connectivity index (χ4n) is 2.60. The van der Waals surface area contributed by atoms with Crippen LogP contribution in [0.2, 0.25) is 0 Å². The molecule has 0 spiro atoms. The molecule has 1 aliphatic rings. The van der Waals surface area contributed by atoms with E-state index in [1.807, 2.05) is 31.2 Å². The molecule has 2 aromatic carbocycles. The van der Waals surface area contributed by atoms with Gasteiger partial charge in [-0.2, -0.15) is 0 Å². The van der Waals surface area contributed by atoms with Gasteiger partial charge in [0, 0.05) is 17.9 Å². The van der Waals surface area contributed by atoms with E-state index in [1.165, 1.54) is 11.1 Å². The van der Waals surface area contributed by atoms with Crippen molar-refractivity contribution in [1.29, 1.82) is 0 Å². The maximum Gasteiger partial charge on any atom is 0.164 e. The molecular weight excluding hydrogens is 208 g/mol. The van der Waals surface area contributed by atoms with Crippen molar-refractivity contribution in [2.45, 2.75) is 19.3 Å². The van der Waals surface area contributed by atoms with E-state index >= 15 is 0 Å². The van der Waals surface area contributed by atoms with E-state index in [1.54, 1.807) is 0 Å². The summed E-state index contributed by atoms with van der Waals surface area (Å²) in [5.74, 6) is 0.525. The zero-order chi connectivity index (χ0) is 11.8. The van der Waals surface area contributed by atoms with Gasteiger partial charge >= 0.3 is 0 Å². The van der Waals surface area contributed by atoms with Crippen LogP contribution in [0.3, 0.4) is 0 Å². The molecule has 0 saturated heterocycles. The van der Waals surface area contributed by atoms with Crippen LogP contribution in [0.4, 0.5) is 0 Å². The third-order valence-electron chi connectivity index (χ3n) is 3.48. The maximum atomic E-state index is 12.0. The topological polar surface area (TPSA) is 17.1 Å². The highest BCUT2D eigenvalue weighted by Crippen LogP contribution is 2.38. The predicted molar refractivity (Wildman–Crippen MR) is 68.4 cm³/mol. The van der Waals surface area contributed by atoms with E-state index in [0.29, 0.717) is 6.42 Å². The standard InChI is InChI=1S/C16H14O/c1-11-7-8-13-14(10-16(17)15(13)9-11)12-5-3-2-4-6-12/h2-9,14H,10H2,1H3/t14-/m0/s1. The van der Waals surface area contributed by atoms with Crippen molar-refractivity contribution in [3.63, 3.8) is 0 Å². The summed E-state index contributed by atoms with van der Waals surface area (Å²) in [5.41, 5.74) is 4.50. The van der Waals surface area contributed by atoms with Gasteiger partial charge in [-0.1, -0.05) is 48.0 Å². The number of benzene rings is 2. The molecule has 0 fully saturated rings. The first kappa shape index (κ1) is 10.3. The number of carbonyl (C=O) groups is 1. The van der Waals surface area contributed by atoms with Crippen molar-refractivity contribution >= 4 is 5.78 Å². The summed E-state index contributed by atoms with van der Waals surface area (Å²) in [4.78, 5) is 12.0. The predicted octanol–water partition coefficient (Wildman–Crippen LogP) is 3.71. The minimum atomic E-state index is 0.249. The summed E-state index contributed by atoms with van der Waals surface area (Å²) in [6, 6.07) is 16.5. The van der Waals surface area contributed by atoms with Crippen LogP contribution in [-0.4, -0.2) is 5.78 Å². The molecule has 0 unspecified atom stereocenters. The van der Waals surface area contributed by atoms with Gasteiger partial charge in [0.05, 0.1) is 0 Å². The lowest BCUT2D eigenvalue weighted by Gasteiger charge is -2.10. The van der Waals surface area contributed by atoms with Gasteiger partial charge in [0.15, 0.2) is 5.78 Å². The Morgan fingerprint density at radius 3 is 2.59 bits per heavy atom. The molecule has 84 valence electrons. The maximum absolute atomic E-state index is 12.0. The Morgan fingerprint density at radius 2 is 1.82 bits per heavy atom. The van der Waals surface area contributed by atoms with Gasteiger partial charge in [-0.15, -0.1) is 0 Å². The molecule has 0 saturated carbocycles. The van der Waals surface area contributed by atoms with Crippen molar-refractivity contribution in [2.75, 3.05) is 0 Å². The Bertz CT molecular complexity index is 569. The van der Waals surface area contributed by atoms with Crippen LogP contribution in [0.15, 0.2) is 48.5 Å². The second kappa shape index (κ2) is 3.85. The lowest BCUT2D eigenvalue weighted by molar-refractivity contribution is 0.0991. The Kier molecular flexibility index (Phi) is 2.32. The summed E-state index contributed by atoms with van der Waals surface area (Å²) >= 11 is 0. The summed E-state index contributed by atoms with van der Waals surface area (Å²) in [6.07, 6.45) is 0.614. The molecule has 0 aliphatic heterocycles. The number of hydrogen-bond donors (Lipinski definition) is 0. The lowest BCUT2D eigenvalue weighted by Crippen LogP contribution is -1.96. The molecule has 0 heterocycles. The van der Waals surface area contributed by atoms with Crippen molar-refractivity contribution in [3.8, 4) is 0 Å². The van der Waals surface area contributed by atoms with E-state index in [9.17, 15) is 4.79 Å².